The molecule has 0 aliphatic carbocycles. The van der Waals surface area contributed by atoms with Crippen molar-refractivity contribution >= 4 is 44.1 Å². The molecule has 1 saturated heterocycles. The highest BCUT2D eigenvalue weighted by atomic mass is 32.2. The molecule has 1 aliphatic heterocycles. The molecular formula is C12H22N4O2S3. The summed E-state index contributed by atoms with van der Waals surface area (Å²) < 4.78 is 30.4. The minimum atomic E-state index is -3.58. The van der Waals surface area contributed by atoms with Crippen LogP contribution >= 0.6 is 23.3 Å². The zero-order valence-corrected chi connectivity index (χ0v) is 15.2. The van der Waals surface area contributed by atoms with Crippen LogP contribution in [-0.2, 0) is 10.0 Å². The lowest BCUT2D eigenvalue weighted by molar-refractivity contribution is 0.521. The summed E-state index contributed by atoms with van der Waals surface area (Å²) in [5, 5.41) is 0.666. The molecule has 1 aromatic rings. The Labute approximate surface area is 134 Å². The normalized spacial score (nSPS) is 19.8. The fourth-order valence-corrected chi connectivity index (χ4v) is 5.51. The zero-order valence-electron chi connectivity index (χ0n) is 12.8. The average Bonchev–Trinajstić information content (AvgIpc) is 2.66. The van der Waals surface area contributed by atoms with Gasteiger partial charge in [0, 0.05) is 37.7 Å². The van der Waals surface area contributed by atoms with Crippen molar-refractivity contribution in [2.75, 3.05) is 43.6 Å². The maximum atomic E-state index is 12.5. The van der Waals surface area contributed by atoms with Gasteiger partial charge in [0.25, 0.3) is 0 Å². The summed E-state index contributed by atoms with van der Waals surface area (Å²) in [5.41, 5.74) is 5.83. The molecule has 0 aromatic carbocycles. The van der Waals surface area contributed by atoms with Crippen molar-refractivity contribution in [2.24, 2.45) is 0 Å². The summed E-state index contributed by atoms with van der Waals surface area (Å²) in [6.07, 6.45) is 0.997. The third kappa shape index (κ3) is 3.46. The van der Waals surface area contributed by atoms with Crippen molar-refractivity contribution in [3.63, 3.8) is 0 Å². The molecule has 1 aliphatic rings. The average molecular weight is 351 g/mol. The first kappa shape index (κ1) is 16.9. The Morgan fingerprint density at radius 1 is 1.33 bits per heavy atom. The SMILES string of the molecule is CN(C)S(=O)(=O)c1c(N)nsc1N1CCSC(C)(C)CC1. The molecule has 0 bridgehead atoms. The highest BCUT2D eigenvalue weighted by Gasteiger charge is 2.32. The van der Waals surface area contributed by atoms with Gasteiger partial charge in [-0.05, 0) is 18.0 Å². The van der Waals surface area contributed by atoms with Gasteiger partial charge in [0.1, 0.15) is 5.00 Å². The molecule has 2 rings (SSSR count). The van der Waals surface area contributed by atoms with E-state index in [2.05, 4.69) is 23.1 Å². The van der Waals surface area contributed by atoms with Crippen LogP contribution in [0.3, 0.4) is 0 Å². The van der Waals surface area contributed by atoms with E-state index in [1.807, 2.05) is 11.8 Å². The van der Waals surface area contributed by atoms with Crippen molar-refractivity contribution < 1.29 is 8.42 Å². The van der Waals surface area contributed by atoms with Gasteiger partial charge >= 0.3 is 0 Å². The summed E-state index contributed by atoms with van der Waals surface area (Å²) in [6, 6.07) is 0. The Morgan fingerprint density at radius 2 is 2.00 bits per heavy atom. The van der Waals surface area contributed by atoms with Crippen LogP contribution in [0.1, 0.15) is 20.3 Å². The number of sulfonamides is 1. The van der Waals surface area contributed by atoms with Crippen LogP contribution in [-0.4, -0.2) is 54.8 Å². The summed E-state index contributed by atoms with van der Waals surface area (Å²) >= 11 is 3.09. The monoisotopic (exact) mass is 350 g/mol. The molecule has 1 aromatic heterocycles. The number of rotatable bonds is 3. The van der Waals surface area contributed by atoms with E-state index in [0.29, 0.717) is 5.00 Å². The summed E-state index contributed by atoms with van der Waals surface area (Å²) in [4.78, 5) is 2.26. The summed E-state index contributed by atoms with van der Waals surface area (Å²) in [5.74, 6) is 1.06. The van der Waals surface area contributed by atoms with Gasteiger partial charge in [-0.3, -0.25) is 0 Å². The Bertz CT molecular complexity index is 610. The van der Waals surface area contributed by atoms with Gasteiger partial charge in [0.2, 0.25) is 10.0 Å². The number of hydrogen-bond donors (Lipinski definition) is 1. The lowest BCUT2D eigenvalue weighted by Gasteiger charge is -2.24. The molecule has 9 heteroatoms. The first-order valence-electron chi connectivity index (χ1n) is 6.72. The Balaban J connectivity index is 2.38. The molecule has 0 unspecified atom stereocenters. The van der Waals surface area contributed by atoms with Crippen LogP contribution in [0.2, 0.25) is 0 Å². The lowest BCUT2D eigenvalue weighted by Crippen LogP contribution is -2.30. The highest BCUT2D eigenvalue weighted by Crippen LogP contribution is 2.39. The molecule has 1 fully saturated rings. The molecule has 0 atom stereocenters. The zero-order chi connectivity index (χ0) is 15.8. The van der Waals surface area contributed by atoms with Crippen LogP contribution < -0.4 is 10.6 Å². The quantitative estimate of drug-likeness (QED) is 0.894. The number of hydrogen-bond acceptors (Lipinski definition) is 7. The van der Waals surface area contributed by atoms with Gasteiger partial charge in [0.05, 0.1) is 0 Å². The van der Waals surface area contributed by atoms with E-state index in [1.54, 1.807) is 0 Å². The van der Waals surface area contributed by atoms with E-state index in [0.717, 1.165) is 25.3 Å². The number of anilines is 2. The van der Waals surface area contributed by atoms with Gasteiger partial charge in [-0.1, -0.05) is 13.8 Å². The molecule has 0 spiro atoms. The van der Waals surface area contributed by atoms with Crippen LogP contribution in [0.5, 0.6) is 0 Å². The van der Waals surface area contributed by atoms with Gasteiger partial charge in [-0.15, -0.1) is 0 Å². The van der Waals surface area contributed by atoms with Gasteiger partial charge in [-0.25, -0.2) is 12.7 Å². The van der Waals surface area contributed by atoms with E-state index < -0.39 is 10.0 Å². The van der Waals surface area contributed by atoms with Gasteiger partial charge < -0.3 is 10.6 Å². The van der Waals surface area contributed by atoms with E-state index >= 15 is 0 Å². The van der Waals surface area contributed by atoms with Crippen molar-refractivity contribution in [1.29, 1.82) is 0 Å². The smallest absolute Gasteiger partial charge is 0.249 e. The molecule has 6 nitrogen and oxygen atoms in total. The standard InChI is InChI=1S/C12H22N4O2S3/c1-12(2)5-6-16(7-8-19-12)11-9(10(13)14-20-11)21(17,18)15(3)4/h5-8H2,1-4H3,(H2,13,14). The number of nitrogens with zero attached hydrogens (tertiary/aromatic N) is 3. The van der Waals surface area contributed by atoms with E-state index in [9.17, 15) is 8.42 Å². The van der Waals surface area contributed by atoms with E-state index in [-0.39, 0.29) is 15.5 Å². The molecular weight excluding hydrogens is 328 g/mol. The molecule has 21 heavy (non-hydrogen) atoms. The maximum Gasteiger partial charge on any atom is 0.249 e. The minimum absolute atomic E-state index is 0.0971. The van der Waals surface area contributed by atoms with Crippen LogP contribution in [0.15, 0.2) is 4.90 Å². The second-order valence-electron chi connectivity index (χ2n) is 5.83. The second kappa shape index (κ2) is 5.94. The topological polar surface area (TPSA) is 79.5 Å². The second-order valence-corrected chi connectivity index (χ2v) is 10.5. The van der Waals surface area contributed by atoms with E-state index in [4.69, 9.17) is 5.73 Å². The number of nitrogens with two attached hydrogens (primary N) is 1. The van der Waals surface area contributed by atoms with Crippen molar-refractivity contribution in [3.8, 4) is 0 Å². The summed E-state index contributed by atoms with van der Waals surface area (Å²) in [6.45, 7) is 6.07. The third-order valence-corrected chi connectivity index (χ3v) is 7.83. The first-order valence-corrected chi connectivity index (χ1v) is 9.91. The fraction of sp³-hybridized carbons (Fsp3) is 0.750. The largest absolute Gasteiger partial charge is 0.382 e. The lowest BCUT2D eigenvalue weighted by atomic mass is 10.1. The molecule has 2 N–H and O–H groups in total. The predicted molar refractivity (Wildman–Crippen MR) is 90.8 cm³/mol. The number of aromatic nitrogens is 1. The summed E-state index contributed by atoms with van der Waals surface area (Å²) in [7, 11) is -0.554. The molecule has 0 amide bonds. The van der Waals surface area contributed by atoms with Crippen molar-refractivity contribution in [2.45, 2.75) is 29.9 Å². The fourth-order valence-electron chi connectivity index (χ4n) is 2.13. The Hall–Kier alpha value is -0.510. The molecule has 0 radical (unpaired) electrons. The van der Waals surface area contributed by atoms with Gasteiger partial charge in [0.15, 0.2) is 10.7 Å². The van der Waals surface area contributed by atoms with Crippen molar-refractivity contribution in [1.82, 2.24) is 8.68 Å². The first-order chi connectivity index (χ1) is 9.65. The minimum Gasteiger partial charge on any atom is -0.382 e. The predicted octanol–water partition coefficient (Wildman–Crippen LogP) is 1.70. The van der Waals surface area contributed by atoms with Crippen molar-refractivity contribution in [3.05, 3.63) is 0 Å². The van der Waals surface area contributed by atoms with Crippen LogP contribution in [0.25, 0.3) is 0 Å². The van der Waals surface area contributed by atoms with E-state index in [1.165, 1.54) is 29.9 Å². The Morgan fingerprint density at radius 3 is 2.62 bits per heavy atom. The van der Waals surface area contributed by atoms with Gasteiger partial charge in [-0.2, -0.15) is 16.1 Å². The third-order valence-electron chi connectivity index (χ3n) is 3.52. The number of nitrogen functional groups attached to an aromatic ring is 1. The number of thioether (sulfide) groups is 1. The molecule has 2 heterocycles. The highest BCUT2D eigenvalue weighted by molar-refractivity contribution is 8.00. The van der Waals surface area contributed by atoms with Crippen LogP contribution in [0.4, 0.5) is 10.8 Å². The molecule has 120 valence electrons. The maximum absolute atomic E-state index is 12.5. The Kier molecular flexibility index (Phi) is 4.77. The molecule has 0 saturated carbocycles. The van der Waals surface area contributed by atoms with Crippen LogP contribution in [0, 0.1) is 0 Å².